The Morgan fingerprint density at radius 3 is 1.66 bits per heavy atom. The molecule has 0 bridgehead atoms. The zero-order chi connectivity index (χ0) is 27.0. The molecule has 1 aliphatic heterocycles. The molecule has 1 fully saturated rings. The van der Waals surface area contributed by atoms with Crippen molar-refractivity contribution in [2.45, 2.75) is 24.9 Å². The second-order valence-corrected chi connectivity index (χ2v) is 9.55. The van der Waals surface area contributed by atoms with Crippen LogP contribution in [0.15, 0.2) is 72.8 Å². The lowest BCUT2D eigenvalue weighted by Crippen LogP contribution is -2.40. The maximum absolute atomic E-state index is 11.5. The molecule has 0 unspecified atom stereocenters. The number of aliphatic carboxylic acids is 1. The normalized spacial score (nSPS) is 16.1. The first kappa shape index (κ1) is 27.5. The van der Waals surface area contributed by atoms with Crippen LogP contribution in [-0.2, 0) is 15.1 Å². The number of hydrogen-bond acceptors (Lipinski definition) is 6. The van der Waals surface area contributed by atoms with Crippen molar-refractivity contribution in [2.75, 3.05) is 47.6 Å². The summed E-state index contributed by atoms with van der Waals surface area (Å²) in [4.78, 5) is 13.7. The Bertz CT molecular complexity index is 1040. The van der Waals surface area contributed by atoms with Gasteiger partial charge < -0.3 is 29.0 Å². The molecule has 3 aromatic carbocycles. The van der Waals surface area contributed by atoms with Gasteiger partial charge in [0.15, 0.2) is 0 Å². The summed E-state index contributed by atoms with van der Waals surface area (Å²) in [7, 11) is 4.96. The Balaban J connectivity index is 1.67. The van der Waals surface area contributed by atoms with Crippen LogP contribution < -0.4 is 14.2 Å². The van der Waals surface area contributed by atoms with Crippen molar-refractivity contribution >= 4 is 5.97 Å². The molecular weight excluding hydrogens is 482 g/mol. The van der Waals surface area contributed by atoms with Gasteiger partial charge in [0.1, 0.15) is 22.8 Å². The average Bonchev–Trinajstić information content (AvgIpc) is 2.98. The Labute approximate surface area is 224 Å². The molecule has 0 radical (unpaired) electrons. The van der Waals surface area contributed by atoms with E-state index in [1.54, 1.807) is 21.3 Å². The van der Waals surface area contributed by atoms with Crippen LogP contribution in [0.4, 0.5) is 0 Å². The average molecular weight is 520 g/mol. The van der Waals surface area contributed by atoms with Crippen molar-refractivity contribution in [1.29, 1.82) is 0 Å². The van der Waals surface area contributed by atoms with Gasteiger partial charge in [0.25, 0.3) is 0 Å². The first-order chi connectivity index (χ1) is 18.5. The fourth-order valence-corrected chi connectivity index (χ4v) is 5.20. The van der Waals surface area contributed by atoms with Crippen LogP contribution in [0.5, 0.6) is 17.2 Å². The van der Waals surface area contributed by atoms with E-state index in [1.807, 2.05) is 72.8 Å². The summed E-state index contributed by atoms with van der Waals surface area (Å²) in [5.74, 6) is 1.31. The number of carboxylic acids is 1. The summed E-state index contributed by atoms with van der Waals surface area (Å²) in [6, 6.07) is 23.9. The number of piperidine rings is 1. The van der Waals surface area contributed by atoms with Gasteiger partial charge in [0, 0.05) is 19.7 Å². The number of benzene rings is 3. The molecule has 0 spiro atoms. The highest BCUT2D eigenvalue weighted by molar-refractivity contribution is 5.70. The van der Waals surface area contributed by atoms with E-state index in [1.165, 1.54) is 0 Å². The third kappa shape index (κ3) is 6.11. The highest BCUT2D eigenvalue weighted by atomic mass is 16.5. The predicted molar refractivity (Wildman–Crippen MR) is 146 cm³/mol. The van der Waals surface area contributed by atoms with Gasteiger partial charge in [-0.1, -0.05) is 36.4 Å². The van der Waals surface area contributed by atoms with E-state index in [2.05, 4.69) is 4.90 Å². The molecule has 0 saturated carbocycles. The third-order valence-electron chi connectivity index (χ3n) is 7.28. The Kier molecular flexibility index (Phi) is 9.26. The van der Waals surface area contributed by atoms with E-state index in [-0.39, 0.29) is 5.92 Å². The SMILES string of the molecule is COc1ccc(C(OCCCN2CCC[C@@H](C(=O)O)C2)(c2ccc(OC)cc2)c2ccc(OC)cc2)cc1. The zero-order valence-corrected chi connectivity index (χ0v) is 22.4. The molecule has 1 heterocycles. The van der Waals surface area contributed by atoms with Crippen molar-refractivity contribution in [3.05, 3.63) is 89.5 Å². The quantitative estimate of drug-likeness (QED) is 0.260. The second kappa shape index (κ2) is 12.8. The van der Waals surface area contributed by atoms with Crippen LogP contribution in [-0.4, -0.2) is 63.5 Å². The minimum atomic E-state index is -0.893. The molecule has 7 heteroatoms. The fourth-order valence-electron chi connectivity index (χ4n) is 5.20. The number of nitrogens with zero attached hydrogens (tertiary/aromatic N) is 1. The summed E-state index contributed by atoms with van der Waals surface area (Å²) in [6.45, 7) is 2.78. The van der Waals surface area contributed by atoms with Gasteiger partial charge in [0.2, 0.25) is 0 Å². The number of rotatable bonds is 12. The van der Waals surface area contributed by atoms with Crippen LogP contribution in [0.2, 0.25) is 0 Å². The maximum atomic E-state index is 11.5. The molecule has 1 N–H and O–H groups in total. The lowest BCUT2D eigenvalue weighted by molar-refractivity contribution is -0.143. The van der Waals surface area contributed by atoms with Gasteiger partial charge in [-0.05, 0) is 78.9 Å². The van der Waals surface area contributed by atoms with Crippen LogP contribution in [0.25, 0.3) is 0 Å². The Morgan fingerprint density at radius 2 is 1.26 bits per heavy atom. The lowest BCUT2D eigenvalue weighted by Gasteiger charge is -2.37. The highest BCUT2D eigenvalue weighted by Crippen LogP contribution is 2.42. The molecule has 1 atom stereocenters. The fraction of sp³-hybridized carbons (Fsp3) is 0.387. The highest BCUT2D eigenvalue weighted by Gasteiger charge is 2.38. The second-order valence-electron chi connectivity index (χ2n) is 9.55. The molecule has 7 nitrogen and oxygen atoms in total. The van der Waals surface area contributed by atoms with E-state index in [0.29, 0.717) is 13.2 Å². The van der Waals surface area contributed by atoms with Crippen molar-refractivity contribution in [3.63, 3.8) is 0 Å². The van der Waals surface area contributed by atoms with Crippen LogP contribution in [0, 0.1) is 5.92 Å². The van der Waals surface area contributed by atoms with Crippen LogP contribution in [0.1, 0.15) is 36.0 Å². The molecule has 1 saturated heterocycles. The number of likely N-dealkylation sites (tertiary alicyclic amines) is 1. The van der Waals surface area contributed by atoms with Crippen molar-refractivity contribution in [1.82, 2.24) is 4.90 Å². The molecule has 0 amide bonds. The minimum absolute atomic E-state index is 0.290. The van der Waals surface area contributed by atoms with Gasteiger partial charge in [-0.3, -0.25) is 4.79 Å². The number of hydrogen-bond donors (Lipinski definition) is 1. The third-order valence-corrected chi connectivity index (χ3v) is 7.28. The zero-order valence-electron chi connectivity index (χ0n) is 22.4. The van der Waals surface area contributed by atoms with Gasteiger partial charge in [0.05, 0.1) is 27.2 Å². The molecular formula is C31H37NO6. The first-order valence-electron chi connectivity index (χ1n) is 13.0. The van der Waals surface area contributed by atoms with Gasteiger partial charge in [-0.25, -0.2) is 0 Å². The summed E-state index contributed by atoms with van der Waals surface area (Å²) in [5, 5.41) is 9.45. The number of carboxylic acid groups (broad SMARTS) is 1. The van der Waals surface area contributed by atoms with Crippen LogP contribution in [0.3, 0.4) is 0 Å². The van der Waals surface area contributed by atoms with E-state index < -0.39 is 11.6 Å². The molecule has 1 aliphatic rings. The van der Waals surface area contributed by atoms with E-state index in [4.69, 9.17) is 18.9 Å². The van der Waals surface area contributed by atoms with E-state index in [9.17, 15) is 9.90 Å². The van der Waals surface area contributed by atoms with Crippen LogP contribution >= 0.6 is 0 Å². The summed E-state index contributed by atoms with van der Waals surface area (Å²) in [6.07, 6.45) is 2.43. The topological polar surface area (TPSA) is 77.5 Å². The molecule has 3 aromatic rings. The Morgan fingerprint density at radius 1 is 0.816 bits per heavy atom. The monoisotopic (exact) mass is 519 g/mol. The number of ether oxygens (including phenoxy) is 4. The maximum Gasteiger partial charge on any atom is 0.307 e. The predicted octanol–water partition coefficient (Wildman–Crippen LogP) is 5.21. The van der Waals surface area contributed by atoms with Gasteiger partial charge >= 0.3 is 5.97 Å². The number of carbonyl (C=O) groups is 1. The summed E-state index contributed by atoms with van der Waals surface area (Å²) in [5.41, 5.74) is 2.02. The summed E-state index contributed by atoms with van der Waals surface area (Å²) >= 11 is 0. The van der Waals surface area contributed by atoms with E-state index >= 15 is 0 Å². The van der Waals surface area contributed by atoms with Crippen molar-refractivity contribution < 1.29 is 28.8 Å². The first-order valence-corrected chi connectivity index (χ1v) is 13.0. The van der Waals surface area contributed by atoms with E-state index in [0.717, 1.165) is 66.3 Å². The molecule has 0 aliphatic carbocycles. The largest absolute Gasteiger partial charge is 0.497 e. The molecule has 202 valence electrons. The number of methoxy groups -OCH3 is 3. The smallest absolute Gasteiger partial charge is 0.307 e. The van der Waals surface area contributed by atoms with Gasteiger partial charge in [-0.2, -0.15) is 0 Å². The Hall–Kier alpha value is -3.55. The molecule has 4 rings (SSSR count). The summed E-state index contributed by atoms with van der Waals surface area (Å²) < 4.78 is 23.2. The van der Waals surface area contributed by atoms with Crippen molar-refractivity contribution in [3.8, 4) is 17.2 Å². The standard InChI is InChI=1S/C31H37NO6/c1-35-27-13-7-24(8-14-27)31(25-9-15-28(36-2)16-10-25,26-11-17-29(37-3)18-12-26)38-21-5-20-32-19-4-6-23(22-32)30(33)34/h7-18,23H,4-6,19-22H2,1-3H3,(H,33,34)/t23-/m1/s1. The van der Waals surface area contributed by atoms with Crippen molar-refractivity contribution in [2.24, 2.45) is 5.92 Å². The van der Waals surface area contributed by atoms with Gasteiger partial charge in [-0.15, -0.1) is 0 Å². The lowest BCUT2D eigenvalue weighted by atomic mass is 9.80. The molecule has 0 aromatic heterocycles. The molecule has 38 heavy (non-hydrogen) atoms. The minimum Gasteiger partial charge on any atom is -0.497 e.